The molecule has 0 saturated carbocycles. The van der Waals surface area contributed by atoms with Gasteiger partial charge in [-0.3, -0.25) is 0 Å². The molecule has 11 heteroatoms. The number of carbonyl (C=O) groups excluding carboxylic acids is 1. The monoisotopic (exact) mass is 351 g/mol. The van der Waals surface area contributed by atoms with Crippen LogP contribution in [0.3, 0.4) is 0 Å². The molecule has 1 heterocycles. The molecule has 0 aliphatic carbocycles. The highest BCUT2D eigenvalue weighted by Crippen LogP contribution is 2.40. The fourth-order valence-electron chi connectivity index (χ4n) is 1.43. The standard InChI is InChI=1S/C11H8ClF6NO3/c1-2-21-9(20)6-3-5(4-12)19-8(10(13,14)15)7(6)22-11(16,17)18/h3H,2,4H2,1H3. The van der Waals surface area contributed by atoms with E-state index in [1.807, 2.05) is 0 Å². The Morgan fingerprint density at radius 3 is 2.27 bits per heavy atom. The first kappa shape index (κ1) is 18.3. The minimum absolute atomic E-state index is 0.260. The minimum Gasteiger partial charge on any atom is -0.462 e. The highest BCUT2D eigenvalue weighted by Gasteiger charge is 2.43. The van der Waals surface area contributed by atoms with Gasteiger partial charge in [-0.15, -0.1) is 24.8 Å². The lowest BCUT2D eigenvalue weighted by Crippen LogP contribution is -2.24. The van der Waals surface area contributed by atoms with Crippen molar-refractivity contribution in [1.29, 1.82) is 0 Å². The lowest BCUT2D eigenvalue weighted by molar-refractivity contribution is -0.276. The number of carbonyl (C=O) groups is 1. The summed E-state index contributed by atoms with van der Waals surface area (Å²) >= 11 is 5.34. The van der Waals surface area contributed by atoms with Gasteiger partial charge in [0.1, 0.15) is 5.56 Å². The number of esters is 1. The zero-order valence-corrected chi connectivity index (χ0v) is 11.6. The number of rotatable bonds is 4. The van der Waals surface area contributed by atoms with Gasteiger partial charge in [-0.2, -0.15) is 13.2 Å². The van der Waals surface area contributed by atoms with Crippen molar-refractivity contribution < 1.29 is 40.6 Å². The third-order valence-corrected chi connectivity index (χ3v) is 2.42. The van der Waals surface area contributed by atoms with Crippen LogP contribution < -0.4 is 4.74 Å². The number of alkyl halides is 7. The Balaban J connectivity index is 3.59. The Bertz CT molecular complexity index is 558. The van der Waals surface area contributed by atoms with Crippen LogP contribution in [0.5, 0.6) is 5.75 Å². The SMILES string of the molecule is CCOC(=O)c1cc(CCl)nc(C(F)(F)F)c1OC(F)(F)F. The van der Waals surface area contributed by atoms with Crippen LogP contribution in [0.2, 0.25) is 0 Å². The molecule has 0 amide bonds. The molecule has 0 atom stereocenters. The van der Waals surface area contributed by atoms with Gasteiger partial charge in [-0.25, -0.2) is 9.78 Å². The number of ether oxygens (including phenoxy) is 2. The number of pyridine rings is 1. The molecule has 22 heavy (non-hydrogen) atoms. The lowest BCUT2D eigenvalue weighted by Gasteiger charge is -2.18. The summed E-state index contributed by atoms with van der Waals surface area (Å²) in [6.07, 6.45) is -10.7. The van der Waals surface area contributed by atoms with Gasteiger partial charge >= 0.3 is 18.5 Å². The molecule has 0 unspecified atom stereocenters. The van der Waals surface area contributed by atoms with Crippen molar-refractivity contribution in [2.75, 3.05) is 6.61 Å². The molecule has 0 bridgehead atoms. The fourth-order valence-corrected chi connectivity index (χ4v) is 1.56. The predicted molar refractivity (Wildman–Crippen MR) is 61.4 cm³/mol. The Kier molecular flexibility index (Phi) is 5.49. The predicted octanol–water partition coefficient (Wildman–Crippen LogP) is 3.91. The second-order valence-corrected chi connectivity index (χ2v) is 4.01. The van der Waals surface area contributed by atoms with E-state index >= 15 is 0 Å². The summed E-state index contributed by atoms with van der Waals surface area (Å²) in [5, 5.41) is 0. The van der Waals surface area contributed by atoms with Crippen LogP contribution in [-0.4, -0.2) is 23.9 Å². The molecular formula is C11H8ClF6NO3. The summed E-state index contributed by atoms with van der Waals surface area (Å²) < 4.78 is 83.3. The van der Waals surface area contributed by atoms with Crippen LogP contribution in [0.4, 0.5) is 26.3 Å². The molecule has 0 saturated heterocycles. The first-order valence-electron chi connectivity index (χ1n) is 5.59. The maximum absolute atomic E-state index is 12.9. The average Bonchev–Trinajstić information content (AvgIpc) is 2.35. The van der Waals surface area contributed by atoms with Crippen molar-refractivity contribution >= 4 is 17.6 Å². The lowest BCUT2D eigenvalue weighted by atomic mass is 10.1. The van der Waals surface area contributed by atoms with E-state index in [0.717, 1.165) is 0 Å². The van der Waals surface area contributed by atoms with Gasteiger partial charge < -0.3 is 9.47 Å². The van der Waals surface area contributed by atoms with E-state index < -0.39 is 47.1 Å². The third kappa shape index (κ3) is 4.65. The highest BCUT2D eigenvalue weighted by atomic mass is 35.5. The Morgan fingerprint density at radius 1 is 1.27 bits per heavy atom. The summed E-state index contributed by atoms with van der Waals surface area (Å²) in [6, 6.07) is 0.654. The van der Waals surface area contributed by atoms with Crippen molar-refractivity contribution in [2.24, 2.45) is 0 Å². The Hall–Kier alpha value is -1.71. The van der Waals surface area contributed by atoms with Gasteiger partial charge in [0.2, 0.25) is 0 Å². The fraction of sp³-hybridized carbons (Fsp3) is 0.455. The molecule has 0 N–H and O–H groups in total. The van der Waals surface area contributed by atoms with Crippen LogP contribution in [0.15, 0.2) is 6.07 Å². The van der Waals surface area contributed by atoms with Crippen LogP contribution in [-0.2, 0) is 16.8 Å². The molecule has 1 aromatic heterocycles. The number of hydrogen-bond donors (Lipinski definition) is 0. The molecule has 0 aliphatic rings. The van der Waals surface area contributed by atoms with Crippen LogP contribution >= 0.6 is 11.6 Å². The van der Waals surface area contributed by atoms with E-state index in [1.54, 1.807) is 0 Å². The summed E-state index contributed by atoms with van der Waals surface area (Å²) in [6.45, 7) is 1.07. The van der Waals surface area contributed by atoms with Gasteiger partial charge in [-0.1, -0.05) is 0 Å². The highest BCUT2D eigenvalue weighted by molar-refractivity contribution is 6.17. The van der Waals surface area contributed by atoms with Crippen molar-refractivity contribution in [2.45, 2.75) is 25.3 Å². The van der Waals surface area contributed by atoms with Gasteiger partial charge in [0, 0.05) is 0 Å². The molecule has 0 aromatic carbocycles. The van der Waals surface area contributed by atoms with Crippen molar-refractivity contribution in [3.8, 4) is 5.75 Å². The van der Waals surface area contributed by atoms with E-state index in [1.165, 1.54) is 6.92 Å². The second-order valence-electron chi connectivity index (χ2n) is 3.74. The minimum atomic E-state index is -5.45. The molecule has 4 nitrogen and oxygen atoms in total. The van der Waals surface area contributed by atoms with Crippen LogP contribution in [0.25, 0.3) is 0 Å². The number of halogens is 7. The summed E-state index contributed by atoms with van der Waals surface area (Å²) in [4.78, 5) is 14.6. The zero-order valence-electron chi connectivity index (χ0n) is 10.8. The molecule has 0 spiro atoms. The first-order chi connectivity index (χ1) is 9.99. The summed E-state index contributed by atoms with van der Waals surface area (Å²) in [7, 11) is 0. The molecule has 0 radical (unpaired) electrons. The first-order valence-corrected chi connectivity index (χ1v) is 6.13. The van der Waals surface area contributed by atoms with Crippen molar-refractivity contribution in [3.63, 3.8) is 0 Å². The van der Waals surface area contributed by atoms with Gasteiger partial charge in [-0.05, 0) is 13.0 Å². The van der Waals surface area contributed by atoms with Gasteiger partial charge in [0.25, 0.3) is 0 Å². The van der Waals surface area contributed by atoms with Crippen LogP contribution in [0.1, 0.15) is 28.7 Å². The largest absolute Gasteiger partial charge is 0.573 e. The van der Waals surface area contributed by atoms with E-state index in [-0.39, 0.29) is 6.61 Å². The van der Waals surface area contributed by atoms with Crippen molar-refractivity contribution in [1.82, 2.24) is 4.98 Å². The molecule has 0 aliphatic heterocycles. The van der Waals surface area contributed by atoms with E-state index in [2.05, 4.69) is 14.5 Å². The third-order valence-electron chi connectivity index (χ3n) is 2.14. The maximum Gasteiger partial charge on any atom is 0.573 e. The summed E-state index contributed by atoms with van der Waals surface area (Å²) in [5.74, 6) is -3.74. The van der Waals surface area contributed by atoms with E-state index in [0.29, 0.717) is 6.07 Å². The quantitative estimate of drug-likeness (QED) is 0.469. The molecule has 124 valence electrons. The summed E-state index contributed by atoms with van der Waals surface area (Å²) in [5.41, 5.74) is -3.52. The van der Waals surface area contributed by atoms with Crippen molar-refractivity contribution in [3.05, 3.63) is 23.0 Å². The van der Waals surface area contributed by atoms with Gasteiger partial charge in [0.05, 0.1) is 18.2 Å². The normalized spacial score (nSPS) is 12.2. The number of nitrogens with zero attached hydrogens (tertiary/aromatic N) is 1. The maximum atomic E-state index is 12.9. The molecule has 1 rings (SSSR count). The van der Waals surface area contributed by atoms with E-state index in [9.17, 15) is 31.1 Å². The smallest absolute Gasteiger partial charge is 0.462 e. The van der Waals surface area contributed by atoms with E-state index in [4.69, 9.17) is 11.6 Å². The zero-order chi connectivity index (χ0) is 17.1. The topological polar surface area (TPSA) is 48.4 Å². The Morgan fingerprint density at radius 2 is 1.86 bits per heavy atom. The molecule has 1 aromatic rings. The number of hydrogen-bond acceptors (Lipinski definition) is 4. The Labute approximate surface area is 125 Å². The molecule has 0 fully saturated rings. The molecular weight excluding hydrogens is 344 g/mol. The van der Waals surface area contributed by atoms with Gasteiger partial charge in [0.15, 0.2) is 11.4 Å². The van der Waals surface area contributed by atoms with Crippen LogP contribution in [0, 0.1) is 0 Å². The number of aromatic nitrogens is 1. The second kappa shape index (κ2) is 6.59. The average molecular weight is 352 g/mol.